The number of amides is 1. The van der Waals surface area contributed by atoms with E-state index >= 15 is 0 Å². The Bertz CT molecular complexity index is 229. The first-order valence-corrected chi connectivity index (χ1v) is 5.63. The van der Waals surface area contributed by atoms with Crippen LogP contribution in [0.3, 0.4) is 0 Å². The molecule has 2 unspecified atom stereocenters. The Morgan fingerprint density at radius 3 is 2.60 bits per heavy atom. The van der Waals surface area contributed by atoms with Crippen molar-refractivity contribution in [2.45, 2.75) is 44.7 Å². The second kappa shape index (κ2) is 4.94. The minimum Gasteiger partial charge on any atom is -0.382 e. The lowest BCUT2D eigenvalue weighted by atomic mass is 9.91. The van der Waals surface area contributed by atoms with Crippen molar-refractivity contribution in [1.82, 2.24) is 5.32 Å². The third-order valence-electron chi connectivity index (χ3n) is 3.20. The van der Waals surface area contributed by atoms with Crippen molar-refractivity contribution >= 4 is 5.91 Å². The van der Waals surface area contributed by atoms with E-state index < -0.39 is 5.54 Å². The Morgan fingerprint density at radius 1 is 1.67 bits per heavy atom. The van der Waals surface area contributed by atoms with Gasteiger partial charge in [0.05, 0.1) is 6.61 Å². The molecule has 1 rings (SSSR count). The zero-order valence-corrected chi connectivity index (χ0v) is 9.88. The number of ether oxygens (including phenoxy) is 1. The molecule has 0 aromatic heterocycles. The minimum atomic E-state index is -0.649. The Balaban J connectivity index is 2.76. The molecule has 1 amide bonds. The Kier molecular flexibility index (Phi) is 4.11. The summed E-state index contributed by atoms with van der Waals surface area (Å²) in [5.74, 6) is 0.0658. The largest absolute Gasteiger partial charge is 0.382 e. The SMILES string of the molecule is CCC(C)NC(COC)(C(N)=O)C1CC1. The van der Waals surface area contributed by atoms with Crippen LogP contribution < -0.4 is 11.1 Å². The molecule has 0 heterocycles. The number of hydrogen-bond acceptors (Lipinski definition) is 3. The van der Waals surface area contributed by atoms with Gasteiger partial charge in [-0.05, 0) is 32.1 Å². The van der Waals surface area contributed by atoms with E-state index in [1.165, 1.54) is 0 Å². The lowest BCUT2D eigenvalue weighted by Gasteiger charge is -2.34. The summed E-state index contributed by atoms with van der Waals surface area (Å²) in [6, 6.07) is 0.285. The van der Waals surface area contributed by atoms with E-state index in [4.69, 9.17) is 10.5 Å². The molecule has 88 valence electrons. The predicted molar refractivity (Wildman–Crippen MR) is 59.4 cm³/mol. The van der Waals surface area contributed by atoms with Gasteiger partial charge >= 0.3 is 0 Å². The molecule has 3 N–H and O–H groups in total. The number of hydrogen-bond donors (Lipinski definition) is 2. The van der Waals surface area contributed by atoms with Gasteiger partial charge in [-0.3, -0.25) is 10.1 Å². The number of methoxy groups -OCH3 is 1. The first-order chi connectivity index (χ1) is 7.06. The maximum absolute atomic E-state index is 11.6. The second-order valence-electron chi connectivity index (χ2n) is 4.50. The van der Waals surface area contributed by atoms with Crippen LogP contribution in [0.2, 0.25) is 0 Å². The van der Waals surface area contributed by atoms with E-state index in [0.717, 1.165) is 19.3 Å². The minimum absolute atomic E-state index is 0.285. The highest BCUT2D eigenvalue weighted by Crippen LogP contribution is 2.40. The average molecular weight is 214 g/mol. The number of carbonyl (C=O) groups excluding carboxylic acids is 1. The lowest BCUT2D eigenvalue weighted by Crippen LogP contribution is -2.62. The first-order valence-electron chi connectivity index (χ1n) is 5.63. The van der Waals surface area contributed by atoms with Gasteiger partial charge in [0.1, 0.15) is 5.54 Å². The number of nitrogens with two attached hydrogens (primary N) is 1. The van der Waals surface area contributed by atoms with Crippen molar-refractivity contribution in [2.75, 3.05) is 13.7 Å². The topological polar surface area (TPSA) is 64.3 Å². The molecule has 4 heteroatoms. The zero-order chi connectivity index (χ0) is 11.5. The van der Waals surface area contributed by atoms with E-state index in [9.17, 15) is 4.79 Å². The van der Waals surface area contributed by atoms with Crippen molar-refractivity contribution in [3.8, 4) is 0 Å². The number of primary amides is 1. The van der Waals surface area contributed by atoms with Crippen molar-refractivity contribution in [3.05, 3.63) is 0 Å². The Labute approximate surface area is 91.5 Å². The molecule has 4 nitrogen and oxygen atoms in total. The second-order valence-corrected chi connectivity index (χ2v) is 4.50. The van der Waals surface area contributed by atoms with E-state index in [1.807, 2.05) is 0 Å². The van der Waals surface area contributed by atoms with Crippen LogP contribution in [0.15, 0.2) is 0 Å². The van der Waals surface area contributed by atoms with E-state index in [0.29, 0.717) is 12.5 Å². The standard InChI is InChI=1S/C11H22N2O2/c1-4-8(2)13-11(7-15-3,10(12)14)9-5-6-9/h8-9,13H,4-7H2,1-3H3,(H2,12,14). The van der Waals surface area contributed by atoms with Crippen molar-refractivity contribution in [3.63, 3.8) is 0 Å². The fourth-order valence-corrected chi connectivity index (χ4v) is 1.97. The van der Waals surface area contributed by atoms with E-state index in [-0.39, 0.29) is 11.9 Å². The Morgan fingerprint density at radius 2 is 2.27 bits per heavy atom. The number of nitrogens with one attached hydrogen (secondary N) is 1. The summed E-state index contributed by atoms with van der Waals surface area (Å²) in [5, 5.41) is 3.34. The van der Waals surface area contributed by atoms with Crippen molar-refractivity contribution < 1.29 is 9.53 Å². The molecule has 0 aromatic rings. The van der Waals surface area contributed by atoms with Crippen LogP contribution in [0, 0.1) is 5.92 Å². The summed E-state index contributed by atoms with van der Waals surface area (Å²) < 4.78 is 5.15. The van der Waals surface area contributed by atoms with Crippen molar-refractivity contribution in [1.29, 1.82) is 0 Å². The summed E-state index contributed by atoms with van der Waals surface area (Å²) in [6.45, 7) is 4.52. The zero-order valence-electron chi connectivity index (χ0n) is 9.88. The molecule has 0 bridgehead atoms. The van der Waals surface area contributed by atoms with Gasteiger partial charge in [-0.15, -0.1) is 0 Å². The van der Waals surface area contributed by atoms with Gasteiger partial charge in [0.15, 0.2) is 0 Å². The number of rotatable bonds is 7. The van der Waals surface area contributed by atoms with Gasteiger partial charge in [-0.2, -0.15) is 0 Å². The molecule has 0 spiro atoms. The summed E-state index contributed by atoms with van der Waals surface area (Å²) in [4.78, 5) is 11.6. The van der Waals surface area contributed by atoms with Crippen LogP contribution >= 0.6 is 0 Å². The van der Waals surface area contributed by atoms with Crippen LogP contribution in [0.5, 0.6) is 0 Å². The molecule has 15 heavy (non-hydrogen) atoms. The number of carbonyl (C=O) groups is 1. The lowest BCUT2D eigenvalue weighted by molar-refractivity contribution is -0.128. The summed E-state index contributed by atoms with van der Waals surface area (Å²) in [5.41, 5.74) is 4.87. The van der Waals surface area contributed by atoms with Crippen LogP contribution in [0.4, 0.5) is 0 Å². The van der Waals surface area contributed by atoms with Crippen molar-refractivity contribution in [2.24, 2.45) is 11.7 Å². The molecule has 1 saturated carbocycles. The fourth-order valence-electron chi connectivity index (χ4n) is 1.97. The van der Waals surface area contributed by atoms with Crippen LogP contribution in [-0.2, 0) is 9.53 Å². The Hall–Kier alpha value is -0.610. The third kappa shape index (κ3) is 2.69. The molecule has 2 atom stereocenters. The normalized spacial score (nSPS) is 22.1. The molecule has 0 aromatic carbocycles. The first kappa shape index (κ1) is 12.5. The smallest absolute Gasteiger partial charge is 0.240 e. The summed E-state index contributed by atoms with van der Waals surface area (Å²) in [6.07, 6.45) is 3.11. The molecule has 1 aliphatic carbocycles. The average Bonchev–Trinajstić information content (AvgIpc) is 2.99. The molecular weight excluding hydrogens is 192 g/mol. The van der Waals surface area contributed by atoms with Crippen LogP contribution in [0.25, 0.3) is 0 Å². The van der Waals surface area contributed by atoms with Gasteiger partial charge in [-0.1, -0.05) is 6.92 Å². The van der Waals surface area contributed by atoms with Gasteiger partial charge in [-0.25, -0.2) is 0 Å². The van der Waals surface area contributed by atoms with Crippen LogP contribution in [-0.4, -0.2) is 31.2 Å². The van der Waals surface area contributed by atoms with Gasteiger partial charge in [0, 0.05) is 13.2 Å². The summed E-state index contributed by atoms with van der Waals surface area (Å²) >= 11 is 0. The van der Waals surface area contributed by atoms with Crippen LogP contribution in [0.1, 0.15) is 33.1 Å². The summed E-state index contributed by atoms with van der Waals surface area (Å²) in [7, 11) is 1.61. The highest BCUT2D eigenvalue weighted by molar-refractivity contribution is 5.85. The molecule has 1 fully saturated rings. The van der Waals surface area contributed by atoms with E-state index in [1.54, 1.807) is 7.11 Å². The molecule has 0 aliphatic heterocycles. The van der Waals surface area contributed by atoms with Gasteiger partial charge in [0.25, 0.3) is 0 Å². The molecular formula is C11H22N2O2. The van der Waals surface area contributed by atoms with Gasteiger partial charge in [0.2, 0.25) is 5.91 Å². The molecule has 0 radical (unpaired) electrons. The van der Waals surface area contributed by atoms with E-state index in [2.05, 4.69) is 19.2 Å². The molecule has 0 saturated heterocycles. The highest BCUT2D eigenvalue weighted by atomic mass is 16.5. The maximum atomic E-state index is 11.6. The predicted octanol–water partition coefficient (Wildman–Crippen LogP) is 0.655. The quantitative estimate of drug-likeness (QED) is 0.654. The maximum Gasteiger partial charge on any atom is 0.240 e. The molecule has 1 aliphatic rings. The highest BCUT2D eigenvalue weighted by Gasteiger charge is 2.50. The fraction of sp³-hybridized carbons (Fsp3) is 0.909. The third-order valence-corrected chi connectivity index (χ3v) is 3.20. The van der Waals surface area contributed by atoms with Gasteiger partial charge < -0.3 is 10.5 Å². The monoisotopic (exact) mass is 214 g/mol.